The maximum atomic E-state index is 12.4. The van der Waals surface area contributed by atoms with Crippen LogP contribution in [0.3, 0.4) is 0 Å². The lowest BCUT2D eigenvalue weighted by molar-refractivity contribution is -0.329. The molecule has 2 aromatic rings. The molecule has 0 spiro atoms. The van der Waals surface area contributed by atoms with Crippen molar-refractivity contribution in [2.24, 2.45) is 5.92 Å². The van der Waals surface area contributed by atoms with E-state index >= 15 is 0 Å². The second-order valence-corrected chi connectivity index (χ2v) is 6.49. The Morgan fingerprint density at radius 2 is 1.62 bits per heavy atom. The molecule has 2 aromatic carbocycles. The van der Waals surface area contributed by atoms with E-state index in [1.807, 2.05) is 60.7 Å². The second-order valence-electron chi connectivity index (χ2n) is 6.49. The zero-order valence-electron chi connectivity index (χ0n) is 14.8. The van der Waals surface area contributed by atoms with Gasteiger partial charge in [-0.15, -0.1) is 0 Å². The normalized spacial score (nSPS) is 23.2. The molecule has 1 N–H and O–H groups in total. The van der Waals surface area contributed by atoms with E-state index in [2.05, 4.69) is 0 Å². The number of Topliss-reactive ketones (excluding diaryl/α,β-unsaturated/α-hetero) is 1. The highest BCUT2D eigenvalue weighted by molar-refractivity contribution is 5.82. The van der Waals surface area contributed by atoms with Gasteiger partial charge in [-0.05, 0) is 11.1 Å². The average molecular weight is 356 g/mol. The van der Waals surface area contributed by atoms with E-state index in [9.17, 15) is 9.90 Å². The van der Waals surface area contributed by atoms with Crippen molar-refractivity contribution in [1.82, 2.24) is 0 Å². The molecule has 1 aliphatic rings. The zero-order chi connectivity index (χ0) is 18.4. The van der Waals surface area contributed by atoms with Crippen LogP contribution in [-0.2, 0) is 32.2 Å². The summed E-state index contributed by atoms with van der Waals surface area (Å²) in [5, 5.41) is 9.82. The van der Waals surface area contributed by atoms with Gasteiger partial charge >= 0.3 is 0 Å². The predicted molar refractivity (Wildman–Crippen MR) is 96.2 cm³/mol. The predicted octanol–water partition coefficient (Wildman–Crippen LogP) is 2.71. The van der Waals surface area contributed by atoms with Gasteiger partial charge in [0.25, 0.3) is 0 Å². The maximum absolute atomic E-state index is 12.4. The first-order valence-corrected chi connectivity index (χ1v) is 8.78. The molecule has 138 valence electrons. The molecule has 1 aliphatic heterocycles. The van der Waals surface area contributed by atoms with Crippen LogP contribution in [0.25, 0.3) is 0 Å². The number of hydrogen-bond acceptors (Lipinski definition) is 5. The van der Waals surface area contributed by atoms with Crippen LogP contribution in [0.2, 0.25) is 0 Å². The summed E-state index contributed by atoms with van der Waals surface area (Å²) in [7, 11) is 0. The van der Waals surface area contributed by atoms with E-state index in [-0.39, 0.29) is 12.4 Å². The molecule has 4 atom stereocenters. The van der Waals surface area contributed by atoms with Crippen molar-refractivity contribution in [3.05, 3.63) is 71.8 Å². The minimum absolute atomic E-state index is 0.0113. The number of carbonyl (C=O) groups is 1. The van der Waals surface area contributed by atoms with Gasteiger partial charge in [0.15, 0.2) is 12.1 Å². The Balaban J connectivity index is 1.45. The third kappa shape index (κ3) is 4.77. The van der Waals surface area contributed by atoms with Crippen LogP contribution in [-0.4, -0.2) is 36.0 Å². The van der Waals surface area contributed by atoms with Crippen molar-refractivity contribution in [1.29, 1.82) is 0 Å². The first-order chi connectivity index (χ1) is 12.6. The number of rotatable bonds is 9. The summed E-state index contributed by atoms with van der Waals surface area (Å²) >= 11 is 0. The highest BCUT2D eigenvalue weighted by Gasteiger charge is 2.47. The molecular formula is C21H24O5. The van der Waals surface area contributed by atoms with Crippen LogP contribution >= 0.6 is 0 Å². The van der Waals surface area contributed by atoms with Gasteiger partial charge in [-0.1, -0.05) is 67.6 Å². The molecule has 1 heterocycles. The van der Waals surface area contributed by atoms with E-state index in [0.717, 1.165) is 11.1 Å². The molecule has 0 amide bonds. The third-order valence-corrected chi connectivity index (χ3v) is 4.54. The molecule has 0 saturated carbocycles. The molecule has 1 saturated heterocycles. The number of ketones is 1. The third-order valence-electron chi connectivity index (χ3n) is 4.54. The van der Waals surface area contributed by atoms with Crippen LogP contribution in [0.5, 0.6) is 0 Å². The van der Waals surface area contributed by atoms with Gasteiger partial charge in [0.1, 0.15) is 18.8 Å². The van der Waals surface area contributed by atoms with E-state index in [4.69, 9.17) is 14.2 Å². The van der Waals surface area contributed by atoms with Crippen molar-refractivity contribution in [2.75, 3.05) is 6.61 Å². The largest absolute Gasteiger partial charge is 0.369 e. The molecule has 1 unspecified atom stereocenters. The summed E-state index contributed by atoms with van der Waals surface area (Å²) in [5.41, 5.74) is 2.03. The second kappa shape index (κ2) is 9.05. The summed E-state index contributed by atoms with van der Waals surface area (Å²) < 4.78 is 16.6. The van der Waals surface area contributed by atoms with Gasteiger partial charge in [0.05, 0.1) is 13.2 Å². The molecule has 0 radical (unpaired) electrons. The van der Waals surface area contributed by atoms with Gasteiger partial charge in [-0.25, -0.2) is 0 Å². The van der Waals surface area contributed by atoms with Gasteiger partial charge in [-0.3, -0.25) is 4.79 Å². The fraction of sp³-hybridized carbons (Fsp3) is 0.381. The molecule has 1 fully saturated rings. The van der Waals surface area contributed by atoms with Gasteiger partial charge in [-0.2, -0.15) is 0 Å². The van der Waals surface area contributed by atoms with E-state index in [1.54, 1.807) is 6.92 Å². The Bertz CT molecular complexity index is 688. The van der Waals surface area contributed by atoms with E-state index in [1.165, 1.54) is 0 Å². The quantitative estimate of drug-likeness (QED) is 0.748. The minimum atomic E-state index is -0.996. The maximum Gasteiger partial charge on any atom is 0.184 e. The summed E-state index contributed by atoms with van der Waals surface area (Å²) in [5.74, 6) is -0.471. The summed E-state index contributed by atoms with van der Waals surface area (Å²) in [6, 6.07) is 19.4. The van der Waals surface area contributed by atoms with Crippen molar-refractivity contribution in [2.45, 2.75) is 38.6 Å². The molecule has 0 aromatic heterocycles. The lowest BCUT2D eigenvalue weighted by Crippen LogP contribution is -2.59. The Labute approximate surface area is 153 Å². The number of aliphatic hydroxyl groups excluding tert-OH is 1. The van der Waals surface area contributed by atoms with Gasteiger partial charge < -0.3 is 19.3 Å². The topological polar surface area (TPSA) is 65.0 Å². The van der Waals surface area contributed by atoms with Crippen LogP contribution in [0, 0.1) is 5.92 Å². The van der Waals surface area contributed by atoms with Crippen molar-refractivity contribution >= 4 is 5.78 Å². The fourth-order valence-corrected chi connectivity index (χ4v) is 2.89. The van der Waals surface area contributed by atoms with Crippen molar-refractivity contribution in [3.8, 4) is 0 Å². The monoisotopic (exact) mass is 356 g/mol. The lowest BCUT2D eigenvalue weighted by atomic mass is 9.91. The average Bonchev–Trinajstić information content (AvgIpc) is 2.67. The number of carbonyl (C=O) groups excluding carboxylic acids is 1. The molecule has 26 heavy (non-hydrogen) atoms. The first-order valence-electron chi connectivity index (χ1n) is 8.78. The smallest absolute Gasteiger partial charge is 0.184 e. The minimum Gasteiger partial charge on any atom is -0.369 e. The Hall–Kier alpha value is -2.05. The van der Waals surface area contributed by atoms with Crippen LogP contribution < -0.4 is 0 Å². The zero-order valence-corrected chi connectivity index (χ0v) is 14.8. The number of aliphatic hydroxyl groups is 1. The highest BCUT2D eigenvalue weighted by atomic mass is 16.7. The Kier molecular flexibility index (Phi) is 6.52. The lowest BCUT2D eigenvalue weighted by Gasteiger charge is -2.43. The highest BCUT2D eigenvalue weighted by Crippen LogP contribution is 2.30. The molecule has 3 rings (SSSR count). The van der Waals surface area contributed by atoms with Crippen LogP contribution in [0.4, 0.5) is 0 Å². The first kappa shape index (κ1) is 18.7. The van der Waals surface area contributed by atoms with Gasteiger partial charge in [0.2, 0.25) is 0 Å². The van der Waals surface area contributed by atoms with Crippen LogP contribution in [0.15, 0.2) is 60.7 Å². The molecule has 0 bridgehead atoms. The van der Waals surface area contributed by atoms with E-state index in [0.29, 0.717) is 13.2 Å². The standard InChI is InChI=1S/C21H24O5/c1-15(18(22)14-24-12-16-8-4-2-5-9-16)19-20(21(23)26-19)25-13-17-10-6-3-7-11-17/h2-11,15,19-21,23H,12-14H2,1H3/t15?,19-,20+,21-/m0/s1. The number of benzene rings is 2. The number of hydrogen-bond donors (Lipinski definition) is 1. The van der Waals surface area contributed by atoms with E-state index < -0.39 is 24.4 Å². The summed E-state index contributed by atoms with van der Waals surface area (Å²) in [6.07, 6.45) is -1.96. The molecule has 5 nitrogen and oxygen atoms in total. The summed E-state index contributed by atoms with van der Waals surface area (Å²) in [4.78, 5) is 12.4. The number of ether oxygens (including phenoxy) is 3. The molecule has 5 heteroatoms. The SMILES string of the molecule is CC(C(=O)COCc1ccccc1)[C@@H]1O[C@H](O)[C@@H]1OCc1ccccc1. The summed E-state index contributed by atoms with van der Waals surface area (Å²) in [6.45, 7) is 2.55. The fourth-order valence-electron chi connectivity index (χ4n) is 2.89. The Morgan fingerprint density at radius 1 is 1.04 bits per heavy atom. The van der Waals surface area contributed by atoms with Crippen LogP contribution in [0.1, 0.15) is 18.1 Å². The Morgan fingerprint density at radius 3 is 2.19 bits per heavy atom. The molecule has 0 aliphatic carbocycles. The van der Waals surface area contributed by atoms with Gasteiger partial charge in [0, 0.05) is 5.92 Å². The molecular weight excluding hydrogens is 332 g/mol. The van der Waals surface area contributed by atoms with Crippen molar-refractivity contribution in [3.63, 3.8) is 0 Å². The van der Waals surface area contributed by atoms with Crippen molar-refractivity contribution < 1.29 is 24.1 Å².